The van der Waals surface area contributed by atoms with Crippen molar-refractivity contribution in [1.29, 1.82) is 0 Å². The lowest BCUT2D eigenvalue weighted by atomic mass is 9.87. The summed E-state index contributed by atoms with van der Waals surface area (Å²) in [6, 6.07) is 0. The molecule has 0 aromatic carbocycles. The van der Waals surface area contributed by atoms with E-state index >= 15 is 0 Å². The zero-order valence-electron chi connectivity index (χ0n) is 8.06. The molecule has 3 N–H and O–H groups in total. The van der Waals surface area contributed by atoms with Gasteiger partial charge in [-0.15, -0.1) is 0 Å². The monoisotopic (exact) mass is 169 g/mol. The zero-order valence-corrected chi connectivity index (χ0v) is 8.06. The summed E-state index contributed by atoms with van der Waals surface area (Å²) in [6.45, 7) is 5.10. The van der Waals surface area contributed by atoms with Gasteiger partial charge in [-0.3, -0.25) is 4.99 Å². The Morgan fingerprint density at radius 1 is 1.50 bits per heavy atom. The SMILES string of the molecule is CCN=C(NN)C1(C)CCCC1. The van der Waals surface area contributed by atoms with Gasteiger partial charge in [0.1, 0.15) is 5.84 Å². The van der Waals surface area contributed by atoms with Crippen molar-refractivity contribution in [2.75, 3.05) is 6.54 Å². The summed E-state index contributed by atoms with van der Waals surface area (Å²) in [7, 11) is 0. The largest absolute Gasteiger partial charge is 0.312 e. The first kappa shape index (κ1) is 9.52. The Hall–Kier alpha value is -0.570. The molecule has 1 aliphatic rings. The summed E-state index contributed by atoms with van der Waals surface area (Å²) in [5.41, 5.74) is 2.96. The number of nitrogens with zero attached hydrogens (tertiary/aromatic N) is 1. The van der Waals surface area contributed by atoms with Gasteiger partial charge in [-0.25, -0.2) is 5.84 Å². The van der Waals surface area contributed by atoms with Gasteiger partial charge in [0.15, 0.2) is 0 Å². The predicted molar refractivity (Wildman–Crippen MR) is 51.9 cm³/mol. The average molecular weight is 169 g/mol. The minimum atomic E-state index is 0.227. The molecular weight excluding hydrogens is 150 g/mol. The van der Waals surface area contributed by atoms with Gasteiger partial charge in [0.2, 0.25) is 0 Å². The Bertz CT molecular complexity index is 169. The normalized spacial score (nSPS) is 22.8. The smallest absolute Gasteiger partial charge is 0.116 e. The highest BCUT2D eigenvalue weighted by atomic mass is 15.3. The Morgan fingerprint density at radius 2 is 2.08 bits per heavy atom. The van der Waals surface area contributed by atoms with E-state index in [-0.39, 0.29) is 5.41 Å². The fraction of sp³-hybridized carbons (Fsp3) is 0.889. The second-order valence-electron chi connectivity index (χ2n) is 3.74. The molecule has 0 aliphatic heterocycles. The summed E-state index contributed by atoms with van der Waals surface area (Å²) in [5.74, 6) is 6.43. The van der Waals surface area contributed by atoms with Crippen LogP contribution >= 0.6 is 0 Å². The molecule has 0 saturated heterocycles. The molecule has 0 aromatic rings. The average Bonchev–Trinajstić information content (AvgIpc) is 2.49. The standard InChI is InChI=1S/C9H19N3/c1-3-11-8(12-10)9(2)6-4-5-7-9/h3-7,10H2,1-2H3,(H,11,12). The van der Waals surface area contributed by atoms with Crippen LogP contribution in [0.25, 0.3) is 0 Å². The first-order chi connectivity index (χ1) is 5.73. The number of nitrogens with two attached hydrogens (primary N) is 1. The summed E-state index contributed by atoms with van der Waals surface area (Å²) < 4.78 is 0. The van der Waals surface area contributed by atoms with Gasteiger partial charge in [-0.1, -0.05) is 19.8 Å². The second-order valence-corrected chi connectivity index (χ2v) is 3.74. The van der Waals surface area contributed by atoms with Gasteiger partial charge in [-0.05, 0) is 19.8 Å². The van der Waals surface area contributed by atoms with Gasteiger partial charge < -0.3 is 5.43 Å². The van der Waals surface area contributed by atoms with Gasteiger partial charge in [0.25, 0.3) is 0 Å². The van der Waals surface area contributed by atoms with Crippen LogP contribution in [-0.4, -0.2) is 12.4 Å². The number of hydrazine groups is 1. The number of aliphatic imine (C=N–C) groups is 1. The second kappa shape index (κ2) is 3.90. The molecule has 0 aromatic heterocycles. The molecule has 3 nitrogen and oxygen atoms in total. The number of amidine groups is 1. The Balaban J connectivity index is 2.69. The van der Waals surface area contributed by atoms with Crippen LogP contribution in [0.15, 0.2) is 4.99 Å². The summed E-state index contributed by atoms with van der Waals surface area (Å²) in [5, 5.41) is 0. The summed E-state index contributed by atoms with van der Waals surface area (Å²) in [4.78, 5) is 4.38. The Kier molecular flexibility index (Phi) is 3.09. The topological polar surface area (TPSA) is 50.4 Å². The Morgan fingerprint density at radius 3 is 2.50 bits per heavy atom. The van der Waals surface area contributed by atoms with Crippen molar-refractivity contribution in [1.82, 2.24) is 5.43 Å². The van der Waals surface area contributed by atoms with Gasteiger partial charge in [-0.2, -0.15) is 0 Å². The molecule has 1 aliphatic carbocycles. The molecule has 12 heavy (non-hydrogen) atoms. The highest BCUT2D eigenvalue weighted by molar-refractivity contribution is 5.87. The highest BCUT2D eigenvalue weighted by Gasteiger charge is 2.33. The third kappa shape index (κ3) is 1.78. The molecule has 0 radical (unpaired) electrons. The summed E-state index contributed by atoms with van der Waals surface area (Å²) in [6.07, 6.45) is 5.05. The van der Waals surface area contributed by atoms with E-state index < -0.39 is 0 Å². The molecule has 1 saturated carbocycles. The number of nitrogens with one attached hydrogen (secondary N) is 1. The number of rotatable bonds is 2. The van der Waals surface area contributed by atoms with Crippen LogP contribution in [0.4, 0.5) is 0 Å². The maximum atomic E-state index is 5.44. The van der Waals surface area contributed by atoms with E-state index in [0.717, 1.165) is 12.4 Å². The first-order valence-corrected chi connectivity index (χ1v) is 4.74. The van der Waals surface area contributed by atoms with Crippen LogP contribution in [0.3, 0.4) is 0 Å². The van der Waals surface area contributed by atoms with E-state index in [9.17, 15) is 0 Å². The fourth-order valence-electron chi connectivity index (χ4n) is 1.96. The van der Waals surface area contributed by atoms with Crippen molar-refractivity contribution in [2.24, 2.45) is 16.3 Å². The van der Waals surface area contributed by atoms with Crippen LogP contribution in [0.2, 0.25) is 0 Å². The van der Waals surface area contributed by atoms with E-state index in [1.165, 1.54) is 25.7 Å². The van der Waals surface area contributed by atoms with E-state index in [1.54, 1.807) is 0 Å². The molecule has 1 rings (SSSR count). The highest BCUT2D eigenvalue weighted by Crippen LogP contribution is 2.37. The molecule has 0 bridgehead atoms. The van der Waals surface area contributed by atoms with Crippen LogP contribution in [0.5, 0.6) is 0 Å². The van der Waals surface area contributed by atoms with E-state index in [2.05, 4.69) is 17.3 Å². The van der Waals surface area contributed by atoms with Crippen molar-refractivity contribution in [3.63, 3.8) is 0 Å². The van der Waals surface area contributed by atoms with E-state index in [1.807, 2.05) is 6.92 Å². The molecule has 0 spiro atoms. The number of hydrogen-bond donors (Lipinski definition) is 2. The fourth-order valence-corrected chi connectivity index (χ4v) is 1.96. The summed E-state index contributed by atoms with van der Waals surface area (Å²) >= 11 is 0. The molecule has 3 heteroatoms. The van der Waals surface area contributed by atoms with Crippen molar-refractivity contribution < 1.29 is 0 Å². The quantitative estimate of drug-likeness (QED) is 0.284. The van der Waals surface area contributed by atoms with Gasteiger partial charge >= 0.3 is 0 Å². The van der Waals surface area contributed by atoms with Crippen LogP contribution < -0.4 is 11.3 Å². The van der Waals surface area contributed by atoms with Crippen molar-refractivity contribution in [3.8, 4) is 0 Å². The first-order valence-electron chi connectivity index (χ1n) is 4.74. The zero-order chi connectivity index (χ0) is 9.03. The Labute approximate surface area is 74.4 Å². The minimum absolute atomic E-state index is 0.227. The lowest BCUT2D eigenvalue weighted by Gasteiger charge is -2.25. The predicted octanol–water partition coefficient (Wildman–Crippen LogP) is 1.45. The molecule has 0 amide bonds. The van der Waals surface area contributed by atoms with Crippen LogP contribution in [0.1, 0.15) is 39.5 Å². The molecule has 0 unspecified atom stereocenters. The van der Waals surface area contributed by atoms with Crippen LogP contribution in [-0.2, 0) is 0 Å². The van der Waals surface area contributed by atoms with Gasteiger partial charge in [0.05, 0.1) is 0 Å². The lowest BCUT2D eigenvalue weighted by Crippen LogP contribution is -2.41. The third-order valence-corrected chi connectivity index (χ3v) is 2.73. The molecule has 0 heterocycles. The molecule has 70 valence electrons. The van der Waals surface area contributed by atoms with Crippen molar-refractivity contribution in [3.05, 3.63) is 0 Å². The van der Waals surface area contributed by atoms with E-state index in [0.29, 0.717) is 0 Å². The van der Waals surface area contributed by atoms with Crippen molar-refractivity contribution >= 4 is 5.84 Å². The third-order valence-electron chi connectivity index (χ3n) is 2.73. The van der Waals surface area contributed by atoms with Crippen LogP contribution in [0, 0.1) is 5.41 Å². The minimum Gasteiger partial charge on any atom is -0.312 e. The van der Waals surface area contributed by atoms with E-state index in [4.69, 9.17) is 5.84 Å². The maximum absolute atomic E-state index is 5.44. The van der Waals surface area contributed by atoms with Crippen molar-refractivity contribution in [2.45, 2.75) is 39.5 Å². The molecule has 1 fully saturated rings. The molecular formula is C9H19N3. The molecule has 0 atom stereocenters. The van der Waals surface area contributed by atoms with Gasteiger partial charge in [0, 0.05) is 12.0 Å². The lowest BCUT2D eigenvalue weighted by molar-refractivity contribution is 0.469. The maximum Gasteiger partial charge on any atom is 0.116 e. The number of hydrogen-bond acceptors (Lipinski definition) is 2.